The van der Waals surface area contributed by atoms with Gasteiger partial charge in [0.1, 0.15) is 8.46 Å². The predicted molar refractivity (Wildman–Crippen MR) is 128 cm³/mol. The van der Waals surface area contributed by atoms with E-state index in [4.69, 9.17) is 13.8 Å². The highest BCUT2D eigenvalue weighted by Crippen LogP contribution is 2.65. The molecule has 0 aliphatic carbocycles. The second-order valence-corrected chi connectivity index (χ2v) is 11.4. The maximum absolute atomic E-state index is 13.1. The van der Waals surface area contributed by atoms with Crippen LogP contribution in [0, 0.1) is 11.2 Å². The molecule has 0 bridgehead atoms. The SMILES string of the molecule is CCCCCCCCCCCCSC#CC(OCC)([PH2]=O)P(=O)(OCC)OCC. The Morgan fingerprint density at radius 1 is 0.828 bits per heavy atom. The van der Waals surface area contributed by atoms with Crippen LogP contribution in [0.4, 0.5) is 0 Å². The van der Waals surface area contributed by atoms with Gasteiger partial charge in [-0.3, -0.25) is 4.57 Å². The quantitative estimate of drug-likeness (QED) is 0.112. The van der Waals surface area contributed by atoms with Crippen LogP contribution in [-0.4, -0.2) is 30.7 Å². The molecule has 29 heavy (non-hydrogen) atoms. The highest BCUT2D eigenvalue weighted by Gasteiger charge is 2.51. The van der Waals surface area contributed by atoms with Crippen LogP contribution in [0.5, 0.6) is 0 Å². The first-order valence-corrected chi connectivity index (χ1v) is 14.8. The van der Waals surface area contributed by atoms with Crippen LogP contribution in [0.25, 0.3) is 0 Å². The zero-order chi connectivity index (χ0) is 21.8. The minimum Gasteiger partial charge on any atom is -0.346 e. The fourth-order valence-electron chi connectivity index (χ4n) is 2.92. The molecule has 0 heterocycles. The van der Waals surface area contributed by atoms with Gasteiger partial charge in [-0.05, 0) is 38.4 Å². The van der Waals surface area contributed by atoms with Gasteiger partial charge in [0.05, 0.1) is 13.2 Å². The molecule has 5 nitrogen and oxygen atoms in total. The predicted octanol–water partition coefficient (Wildman–Crippen LogP) is 7.31. The Labute approximate surface area is 184 Å². The summed E-state index contributed by atoms with van der Waals surface area (Å²) in [5.41, 5.74) is 0. The van der Waals surface area contributed by atoms with E-state index in [1.54, 1.807) is 20.8 Å². The topological polar surface area (TPSA) is 61.8 Å². The Morgan fingerprint density at radius 3 is 1.79 bits per heavy atom. The van der Waals surface area contributed by atoms with E-state index in [0.717, 1.165) is 12.2 Å². The van der Waals surface area contributed by atoms with Crippen molar-refractivity contribution in [3.05, 3.63) is 0 Å². The number of rotatable bonds is 19. The van der Waals surface area contributed by atoms with Crippen molar-refractivity contribution in [2.45, 2.75) is 97.0 Å². The normalized spacial score (nSPS) is 14.1. The molecular weight excluding hydrogens is 426 g/mol. The van der Waals surface area contributed by atoms with Crippen molar-refractivity contribution in [1.82, 2.24) is 0 Å². The Kier molecular flexibility index (Phi) is 19.1. The molecule has 0 aromatic carbocycles. The monoisotopic (exact) mass is 468 g/mol. The summed E-state index contributed by atoms with van der Waals surface area (Å²) in [4.78, 5) is 0. The molecule has 0 aliphatic heterocycles. The van der Waals surface area contributed by atoms with E-state index < -0.39 is 21.1 Å². The van der Waals surface area contributed by atoms with Gasteiger partial charge in [-0.25, -0.2) is 0 Å². The Bertz CT molecular complexity index is 511. The van der Waals surface area contributed by atoms with Crippen molar-refractivity contribution in [3.63, 3.8) is 0 Å². The van der Waals surface area contributed by atoms with Crippen LogP contribution in [0.1, 0.15) is 91.9 Å². The van der Waals surface area contributed by atoms with Gasteiger partial charge in [0, 0.05) is 12.4 Å². The fourth-order valence-corrected chi connectivity index (χ4v) is 6.72. The van der Waals surface area contributed by atoms with Crippen LogP contribution >= 0.6 is 27.8 Å². The van der Waals surface area contributed by atoms with Gasteiger partial charge in [0.2, 0.25) is 0 Å². The lowest BCUT2D eigenvalue weighted by molar-refractivity contribution is 0.0854. The smallest absolute Gasteiger partial charge is 0.346 e. The average molecular weight is 469 g/mol. The third kappa shape index (κ3) is 12.0. The Hall–Kier alpha value is 0.250. The van der Waals surface area contributed by atoms with Crippen molar-refractivity contribution in [2.75, 3.05) is 25.6 Å². The highest BCUT2D eigenvalue weighted by atomic mass is 32.2. The zero-order valence-corrected chi connectivity index (χ0v) is 21.7. The standard InChI is InChI=1S/C21H42O5P2S/c1-5-9-10-11-12-13-14-15-16-17-19-29-20-18-21(27-22,24-6-2)28(23,25-7-3)26-8-4/h5-17,19,27H2,1-4H3. The molecular formula is C21H42O5P2S. The van der Waals surface area contributed by atoms with Crippen molar-refractivity contribution >= 4 is 27.8 Å². The van der Waals surface area contributed by atoms with E-state index in [1.807, 2.05) is 0 Å². The lowest BCUT2D eigenvalue weighted by Crippen LogP contribution is -2.27. The van der Waals surface area contributed by atoms with Crippen LogP contribution in [0.3, 0.4) is 0 Å². The van der Waals surface area contributed by atoms with E-state index in [-0.39, 0.29) is 19.8 Å². The van der Waals surface area contributed by atoms with Crippen LogP contribution < -0.4 is 0 Å². The molecule has 0 rings (SSSR count). The molecule has 0 aromatic heterocycles. The lowest BCUT2D eigenvalue weighted by Gasteiger charge is -2.30. The van der Waals surface area contributed by atoms with E-state index in [9.17, 15) is 9.13 Å². The number of unbranched alkanes of at least 4 members (excludes halogenated alkanes) is 9. The third-order valence-corrected chi connectivity index (χ3v) is 9.32. The van der Waals surface area contributed by atoms with Crippen LogP contribution in [0.2, 0.25) is 0 Å². The maximum atomic E-state index is 13.1. The van der Waals surface area contributed by atoms with Crippen molar-refractivity contribution in [1.29, 1.82) is 0 Å². The molecule has 0 saturated carbocycles. The van der Waals surface area contributed by atoms with Gasteiger partial charge in [-0.15, -0.1) is 0 Å². The van der Waals surface area contributed by atoms with E-state index in [0.29, 0.717) is 0 Å². The lowest BCUT2D eigenvalue weighted by atomic mass is 10.1. The molecule has 0 aliphatic rings. The first-order valence-electron chi connectivity index (χ1n) is 11.2. The van der Waals surface area contributed by atoms with Crippen molar-refractivity contribution in [3.8, 4) is 11.2 Å². The third-order valence-electron chi connectivity index (χ3n) is 4.43. The number of ether oxygens (including phenoxy) is 1. The van der Waals surface area contributed by atoms with E-state index in [2.05, 4.69) is 18.1 Å². The van der Waals surface area contributed by atoms with Gasteiger partial charge >= 0.3 is 7.60 Å². The van der Waals surface area contributed by atoms with Crippen molar-refractivity contribution in [2.24, 2.45) is 0 Å². The summed E-state index contributed by atoms with van der Waals surface area (Å²) in [6, 6.07) is 0. The minimum atomic E-state index is -3.75. The number of hydrogen-bond acceptors (Lipinski definition) is 6. The second kappa shape index (κ2) is 19.0. The maximum Gasteiger partial charge on any atom is 0.381 e. The molecule has 0 spiro atoms. The molecule has 0 aromatic rings. The summed E-state index contributed by atoms with van der Waals surface area (Å²) in [5, 5.41) is 1.29. The summed E-state index contributed by atoms with van der Waals surface area (Å²) in [7, 11) is -5.36. The molecule has 0 radical (unpaired) electrons. The summed E-state index contributed by atoms with van der Waals surface area (Å²) in [5.74, 6) is 3.73. The van der Waals surface area contributed by atoms with E-state index in [1.165, 1.54) is 69.5 Å². The summed E-state index contributed by atoms with van der Waals surface area (Å²) in [6.45, 7) is 8.03. The Balaban J connectivity index is 4.38. The van der Waals surface area contributed by atoms with Crippen LogP contribution in [0.15, 0.2) is 0 Å². The highest BCUT2D eigenvalue weighted by molar-refractivity contribution is 8.03. The zero-order valence-electron chi connectivity index (χ0n) is 18.9. The molecule has 0 fully saturated rings. The largest absolute Gasteiger partial charge is 0.381 e. The van der Waals surface area contributed by atoms with Gasteiger partial charge in [0.15, 0.2) is 0 Å². The first kappa shape index (κ1) is 29.2. The van der Waals surface area contributed by atoms with Gasteiger partial charge < -0.3 is 18.3 Å². The number of thioether (sulfide) groups is 1. The first-order chi connectivity index (χ1) is 14.1. The van der Waals surface area contributed by atoms with Gasteiger partial charge in [0.25, 0.3) is 5.08 Å². The van der Waals surface area contributed by atoms with Gasteiger partial charge in [-0.1, -0.05) is 76.5 Å². The number of hydrogen-bond donors (Lipinski definition) is 0. The minimum absolute atomic E-state index is 0.180. The average Bonchev–Trinajstić information content (AvgIpc) is 2.71. The molecule has 0 amide bonds. The molecule has 8 heteroatoms. The van der Waals surface area contributed by atoms with Crippen LogP contribution in [-0.2, 0) is 22.9 Å². The summed E-state index contributed by atoms with van der Waals surface area (Å²) < 4.78 is 41.4. The van der Waals surface area contributed by atoms with Gasteiger partial charge in [-0.2, -0.15) is 0 Å². The molecule has 2 atom stereocenters. The fraction of sp³-hybridized carbons (Fsp3) is 0.905. The summed E-state index contributed by atoms with van der Waals surface area (Å²) >= 11 is 1.45. The summed E-state index contributed by atoms with van der Waals surface area (Å²) in [6.07, 6.45) is 13.0. The second-order valence-electron chi connectivity index (χ2n) is 6.84. The van der Waals surface area contributed by atoms with Crippen molar-refractivity contribution < 1.29 is 22.9 Å². The molecule has 0 N–H and O–H groups in total. The van der Waals surface area contributed by atoms with E-state index >= 15 is 0 Å². The molecule has 2 unspecified atom stereocenters. The molecule has 172 valence electrons. The Morgan fingerprint density at radius 2 is 1.34 bits per heavy atom. The molecule has 0 saturated heterocycles.